The predicted molar refractivity (Wildman–Crippen MR) is 112 cm³/mol. The van der Waals surface area contributed by atoms with Crippen LogP contribution >= 0.6 is 46.0 Å². The molecule has 4 rings (SSSR count). The molecular formula is C19H14ClN3S3. The summed E-state index contributed by atoms with van der Waals surface area (Å²) in [7, 11) is 0. The third-order valence-electron chi connectivity index (χ3n) is 3.73. The highest BCUT2D eigenvalue weighted by atomic mass is 35.5. The van der Waals surface area contributed by atoms with E-state index in [4.69, 9.17) is 11.6 Å². The number of nitrogens with zero attached hydrogens (tertiary/aromatic N) is 3. The highest BCUT2D eigenvalue weighted by molar-refractivity contribution is 7.98. The SMILES string of the molecule is Cc1nc(-c2cccs2)sc1-c1ccc(SCc2ccccc2Cl)nn1. The van der Waals surface area contributed by atoms with Gasteiger partial charge in [-0.2, -0.15) is 0 Å². The van der Waals surface area contributed by atoms with Crippen LogP contribution in [0.5, 0.6) is 0 Å². The van der Waals surface area contributed by atoms with Gasteiger partial charge >= 0.3 is 0 Å². The van der Waals surface area contributed by atoms with E-state index < -0.39 is 0 Å². The molecule has 3 heterocycles. The van der Waals surface area contributed by atoms with Crippen molar-refractivity contribution in [2.75, 3.05) is 0 Å². The topological polar surface area (TPSA) is 38.7 Å². The van der Waals surface area contributed by atoms with Gasteiger partial charge in [0.05, 0.1) is 15.4 Å². The van der Waals surface area contributed by atoms with Crippen molar-refractivity contribution in [1.82, 2.24) is 15.2 Å². The second-order valence-corrected chi connectivity index (χ2v) is 8.90. The summed E-state index contributed by atoms with van der Waals surface area (Å²) in [5.74, 6) is 0.774. The smallest absolute Gasteiger partial charge is 0.134 e. The van der Waals surface area contributed by atoms with E-state index in [0.29, 0.717) is 0 Å². The van der Waals surface area contributed by atoms with E-state index in [1.165, 1.54) is 4.88 Å². The van der Waals surface area contributed by atoms with Crippen LogP contribution in [0.1, 0.15) is 11.3 Å². The Morgan fingerprint density at radius 1 is 1.04 bits per heavy atom. The Bertz CT molecular complexity index is 1010. The minimum Gasteiger partial charge on any atom is -0.240 e. The van der Waals surface area contributed by atoms with Gasteiger partial charge in [0.1, 0.15) is 15.7 Å². The fourth-order valence-electron chi connectivity index (χ4n) is 2.42. The molecule has 3 nitrogen and oxygen atoms in total. The molecule has 0 atom stereocenters. The second-order valence-electron chi connectivity index (χ2n) is 5.55. The first-order chi connectivity index (χ1) is 12.7. The normalized spacial score (nSPS) is 11.0. The number of hydrogen-bond donors (Lipinski definition) is 0. The van der Waals surface area contributed by atoms with Gasteiger partial charge in [-0.05, 0) is 42.1 Å². The van der Waals surface area contributed by atoms with Crippen molar-refractivity contribution < 1.29 is 0 Å². The Kier molecular flexibility index (Phi) is 5.36. The van der Waals surface area contributed by atoms with Gasteiger partial charge in [-0.15, -0.1) is 32.9 Å². The molecule has 0 unspecified atom stereocenters. The first kappa shape index (κ1) is 17.7. The Morgan fingerprint density at radius 3 is 2.65 bits per heavy atom. The molecule has 3 aromatic heterocycles. The fraction of sp³-hybridized carbons (Fsp3) is 0.105. The molecule has 0 spiro atoms. The van der Waals surface area contributed by atoms with Gasteiger partial charge in [-0.25, -0.2) is 4.98 Å². The first-order valence-electron chi connectivity index (χ1n) is 7.92. The molecule has 0 aliphatic carbocycles. The van der Waals surface area contributed by atoms with Gasteiger partial charge in [-0.3, -0.25) is 0 Å². The van der Waals surface area contributed by atoms with Crippen molar-refractivity contribution in [3.05, 3.63) is 70.2 Å². The minimum absolute atomic E-state index is 0.774. The molecule has 0 aliphatic rings. The first-order valence-corrected chi connectivity index (χ1v) is 11.0. The molecule has 0 bridgehead atoms. The van der Waals surface area contributed by atoms with Crippen molar-refractivity contribution >= 4 is 46.0 Å². The van der Waals surface area contributed by atoms with Crippen molar-refractivity contribution in [3.63, 3.8) is 0 Å². The summed E-state index contributed by atoms with van der Waals surface area (Å²) >= 11 is 11.2. The molecular weight excluding hydrogens is 402 g/mol. The molecule has 26 heavy (non-hydrogen) atoms. The summed E-state index contributed by atoms with van der Waals surface area (Å²) < 4.78 is 0. The average Bonchev–Trinajstić information content (AvgIpc) is 3.31. The largest absolute Gasteiger partial charge is 0.240 e. The maximum atomic E-state index is 6.20. The number of aromatic nitrogens is 3. The maximum Gasteiger partial charge on any atom is 0.134 e. The van der Waals surface area contributed by atoms with Crippen molar-refractivity contribution in [1.29, 1.82) is 0 Å². The van der Waals surface area contributed by atoms with Crippen LogP contribution in [0.2, 0.25) is 5.02 Å². The maximum absolute atomic E-state index is 6.20. The zero-order chi connectivity index (χ0) is 17.9. The van der Waals surface area contributed by atoms with Crippen LogP contribution in [0.3, 0.4) is 0 Å². The summed E-state index contributed by atoms with van der Waals surface area (Å²) in [5, 5.41) is 13.5. The van der Waals surface area contributed by atoms with Gasteiger partial charge < -0.3 is 0 Å². The lowest BCUT2D eigenvalue weighted by Gasteiger charge is -2.03. The summed E-state index contributed by atoms with van der Waals surface area (Å²) in [6, 6.07) is 16.0. The van der Waals surface area contributed by atoms with Crippen molar-refractivity contribution in [2.24, 2.45) is 0 Å². The number of rotatable bonds is 5. The van der Waals surface area contributed by atoms with Gasteiger partial charge in [0.25, 0.3) is 0 Å². The van der Waals surface area contributed by atoms with Crippen molar-refractivity contribution in [2.45, 2.75) is 17.7 Å². The van der Waals surface area contributed by atoms with Crippen LogP contribution < -0.4 is 0 Å². The van der Waals surface area contributed by atoms with Crippen LogP contribution in [0.25, 0.3) is 20.5 Å². The number of thiazole rings is 1. The zero-order valence-corrected chi connectivity index (χ0v) is 17.1. The van der Waals surface area contributed by atoms with Gasteiger partial charge in [-0.1, -0.05) is 47.6 Å². The molecule has 0 N–H and O–H groups in total. The van der Waals surface area contributed by atoms with E-state index in [1.807, 2.05) is 49.4 Å². The average molecular weight is 416 g/mol. The molecule has 7 heteroatoms. The summed E-state index contributed by atoms with van der Waals surface area (Å²) in [5.41, 5.74) is 2.96. The Hall–Kier alpha value is -1.73. The number of benzene rings is 1. The second kappa shape index (κ2) is 7.88. The highest BCUT2D eigenvalue weighted by Crippen LogP contribution is 2.36. The molecule has 1 aromatic carbocycles. The molecule has 0 aliphatic heterocycles. The minimum atomic E-state index is 0.774. The van der Waals surface area contributed by atoms with E-state index in [-0.39, 0.29) is 0 Å². The van der Waals surface area contributed by atoms with E-state index in [2.05, 4.69) is 26.6 Å². The fourth-order valence-corrected chi connectivity index (χ4v) is 5.35. The van der Waals surface area contributed by atoms with Crippen LogP contribution in [0.15, 0.2) is 58.9 Å². The lowest BCUT2D eigenvalue weighted by molar-refractivity contribution is 0.936. The summed E-state index contributed by atoms with van der Waals surface area (Å²) in [6.07, 6.45) is 0. The quantitative estimate of drug-likeness (QED) is 0.345. The van der Waals surface area contributed by atoms with E-state index >= 15 is 0 Å². The molecule has 0 saturated carbocycles. The number of halogens is 1. The van der Waals surface area contributed by atoms with E-state index in [1.54, 1.807) is 34.4 Å². The van der Waals surface area contributed by atoms with Crippen LogP contribution in [0.4, 0.5) is 0 Å². The standard InChI is InChI=1S/C19H14ClN3S3/c1-12-18(26-19(21-12)16-7-4-10-24-16)15-8-9-17(23-22-15)25-11-13-5-2-3-6-14(13)20/h2-10H,11H2,1H3. The third kappa shape index (κ3) is 3.83. The monoisotopic (exact) mass is 415 g/mol. The van der Waals surface area contributed by atoms with Gasteiger partial charge in [0, 0.05) is 10.8 Å². The number of thioether (sulfide) groups is 1. The van der Waals surface area contributed by atoms with Crippen LogP contribution in [-0.2, 0) is 5.75 Å². The Balaban J connectivity index is 1.50. The van der Waals surface area contributed by atoms with E-state index in [0.717, 1.165) is 42.6 Å². The number of hydrogen-bond acceptors (Lipinski definition) is 6. The lowest BCUT2D eigenvalue weighted by atomic mass is 10.2. The molecule has 0 amide bonds. The summed E-state index contributed by atoms with van der Waals surface area (Å²) in [6.45, 7) is 2.02. The lowest BCUT2D eigenvalue weighted by Crippen LogP contribution is -1.90. The molecule has 0 radical (unpaired) electrons. The zero-order valence-electron chi connectivity index (χ0n) is 13.8. The molecule has 0 fully saturated rings. The Morgan fingerprint density at radius 2 is 1.92 bits per heavy atom. The van der Waals surface area contributed by atoms with Gasteiger partial charge in [0.15, 0.2) is 0 Å². The number of thiophene rings is 1. The predicted octanol–water partition coefficient (Wildman–Crippen LogP) is 6.58. The third-order valence-corrected chi connectivity index (χ3v) is 7.29. The van der Waals surface area contributed by atoms with Crippen molar-refractivity contribution in [3.8, 4) is 20.5 Å². The van der Waals surface area contributed by atoms with Crippen LogP contribution in [0, 0.1) is 6.92 Å². The van der Waals surface area contributed by atoms with Crippen LogP contribution in [-0.4, -0.2) is 15.2 Å². The van der Waals surface area contributed by atoms with Gasteiger partial charge in [0.2, 0.25) is 0 Å². The molecule has 130 valence electrons. The molecule has 4 aromatic rings. The highest BCUT2D eigenvalue weighted by Gasteiger charge is 2.13. The number of aryl methyl sites for hydroxylation is 1. The molecule has 0 saturated heterocycles. The Labute approximate surface area is 169 Å². The summed E-state index contributed by atoms with van der Waals surface area (Å²) in [4.78, 5) is 6.94. The van der Waals surface area contributed by atoms with E-state index in [9.17, 15) is 0 Å².